The van der Waals surface area contributed by atoms with Crippen molar-refractivity contribution in [2.45, 2.75) is 32.9 Å². The third-order valence-corrected chi connectivity index (χ3v) is 3.30. The van der Waals surface area contributed by atoms with E-state index in [2.05, 4.69) is 5.32 Å². The maximum absolute atomic E-state index is 12.9. The molecule has 0 spiro atoms. The fraction of sp³-hybridized carbons (Fsp3) is 0.462. The fourth-order valence-corrected chi connectivity index (χ4v) is 1.67. The van der Waals surface area contributed by atoms with Gasteiger partial charge in [0, 0.05) is 6.54 Å². The molecular weight excluding hydrogens is 255 g/mol. The van der Waals surface area contributed by atoms with E-state index in [1.54, 1.807) is 6.07 Å². The summed E-state index contributed by atoms with van der Waals surface area (Å²) in [6, 6.07) is 3.83. The number of nitrogens with two attached hydrogens (primary N) is 1. The summed E-state index contributed by atoms with van der Waals surface area (Å²) in [5.74, 6) is -0.547. The van der Waals surface area contributed by atoms with Crippen molar-refractivity contribution in [2.75, 3.05) is 0 Å². The van der Waals surface area contributed by atoms with E-state index in [1.165, 1.54) is 12.1 Å². The van der Waals surface area contributed by atoms with Gasteiger partial charge in [0.15, 0.2) is 0 Å². The summed E-state index contributed by atoms with van der Waals surface area (Å²) in [6.07, 6.45) is 0.844. The predicted octanol–water partition coefficient (Wildman–Crippen LogP) is 2.47. The molecule has 0 aromatic heterocycles. The molecule has 0 aliphatic carbocycles. The second-order valence-electron chi connectivity index (χ2n) is 4.38. The molecule has 2 atom stereocenters. The highest BCUT2D eigenvalue weighted by molar-refractivity contribution is 6.30. The Hall–Kier alpha value is -1.13. The molecule has 1 aromatic carbocycles. The van der Waals surface area contributed by atoms with Crippen LogP contribution in [0.25, 0.3) is 0 Å². The third-order valence-electron chi connectivity index (χ3n) is 3.01. The Morgan fingerprint density at radius 3 is 2.78 bits per heavy atom. The topological polar surface area (TPSA) is 55.1 Å². The van der Waals surface area contributed by atoms with Crippen LogP contribution in [0.15, 0.2) is 18.2 Å². The first kappa shape index (κ1) is 14.9. The average Bonchev–Trinajstić information content (AvgIpc) is 2.37. The van der Waals surface area contributed by atoms with Crippen molar-refractivity contribution in [3.8, 4) is 0 Å². The summed E-state index contributed by atoms with van der Waals surface area (Å²) in [4.78, 5) is 11.7. The lowest BCUT2D eigenvalue weighted by molar-refractivity contribution is -0.123. The van der Waals surface area contributed by atoms with E-state index in [-0.39, 0.29) is 16.8 Å². The Labute approximate surface area is 112 Å². The first-order valence-electron chi connectivity index (χ1n) is 5.93. The number of hydrogen-bond acceptors (Lipinski definition) is 2. The van der Waals surface area contributed by atoms with Crippen LogP contribution < -0.4 is 11.1 Å². The summed E-state index contributed by atoms with van der Waals surface area (Å²) >= 11 is 5.65. The molecule has 1 amide bonds. The maximum atomic E-state index is 12.9. The highest BCUT2D eigenvalue weighted by atomic mass is 35.5. The van der Waals surface area contributed by atoms with Crippen LogP contribution in [0.1, 0.15) is 25.8 Å². The second-order valence-corrected chi connectivity index (χ2v) is 4.78. The van der Waals surface area contributed by atoms with Gasteiger partial charge in [0.25, 0.3) is 0 Å². The van der Waals surface area contributed by atoms with Crippen molar-refractivity contribution in [1.29, 1.82) is 0 Å². The summed E-state index contributed by atoms with van der Waals surface area (Å²) in [5, 5.41) is 2.76. The smallest absolute Gasteiger partial charge is 0.237 e. The first-order valence-corrected chi connectivity index (χ1v) is 6.30. The average molecular weight is 273 g/mol. The van der Waals surface area contributed by atoms with Crippen molar-refractivity contribution in [2.24, 2.45) is 11.7 Å². The zero-order valence-corrected chi connectivity index (χ0v) is 11.3. The summed E-state index contributed by atoms with van der Waals surface area (Å²) in [7, 11) is 0. The lowest BCUT2D eigenvalue weighted by Crippen LogP contribution is -2.44. The molecule has 1 rings (SSSR count). The lowest BCUT2D eigenvalue weighted by Gasteiger charge is -2.17. The SMILES string of the molecule is CCC(C)C(N)C(=O)NCc1ccc(F)c(Cl)c1. The van der Waals surface area contributed by atoms with Gasteiger partial charge >= 0.3 is 0 Å². The molecule has 3 nitrogen and oxygen atoms in total. The van der Waals surface area contributed by atoms with Gasteiger partial charge in [-0.1, -0.05) is 37.9 Å². The summed E-state index contributed by atoms with van der Waals surface area (Å²) in [6.45, 7) is 4.21. The van der Waals surface area contributed by atoms with Gasteiger partial charge in [0.2, 0.25) is 5.91 Å². The Bertz CT molecular complexity index is 425. The molecule has 1 aromatic rings. The second kappa shape index (κ2) is 6.71. The molecule has 100 valence electrons. The van der Waals surface area contributed by atoms with Crippen molar-refractivity contribution < 1.29 is 9.18 Å². The first-order chi connectivity index (χ1) is 8.45. The number of amides is 1. The van der Waals surface area contributed by atoms with Crippen molar-refractivity contribution in [3.63, 3.8) is 0 Å². The maximum Gasteiger partial charge on any atom is 0.237 e. The van der Waals surface area contributed by atoms with Gasteiger partial charge in [-0.05, 0) is 23.6 Å². The number of carbonyl (C=O) groups excluding carboxylic acids is 1. The highest BCUT2D eigenvalue weighted by Gasteiger charge is 2.18. The fourth-order valence-electron chi connectivity index (χ4n) is 1.47. The summed E-state index contributed by atoms with van der Waals surface area (Å²) in [5.41, 5.74) is 6.53. The molecule has 0 saturated carbocycles. The van der Waals surface area contributed by atoms with E-state index in [1.807, 2.05) is 13.8 Å². The van der Waals surface area contributed by atoms with Crippen LogP contribution in [0.3, 0.4) is 0 Å². The number of rotatable bonds is 5. The molecule has 0 saturated heterocycles. The number of nitrogens with one attached hydrogen (secondary N) is 1. The minimum Gasteiger partial charge on any atom is -0.351 e. The Morgan fingerprint density at radius 2 is 2.22 bits per heavy atom. The van der Waals surface area contributed by atoms with Crippen molar-refractivity contribution >= 4 is 17.5 Å². The van der Waals surface area contributed by atoms with Gasteiger partial charge in [-0.2, -0.15) is 0 Å². The number of halogens is 2. The van der Waals surface area contributed by atoms with Crippen LogP contribution in [0.5, 0.6) is 0 Å². The molecule has 18 heavy (non-hydrogen) atoms. The van der Waals surface area contributed by atoms with Gasteiger partial charge < -0.3 is 11.1 Å². The van der Waals surface area contributed by atoms with Crippen LogP contribution in [0, 0.1) is 11.7 Å². The molecule has 0 bridgehead atoms. The van der Waals surface area contributed by atoms with Crippen LogP contribution in [-0.2, 0) is 11.3 Å². The highest BCUT2D eigenvalue weighted by Crippen LogP contribution is 2.15. The van der Waals surface area contributed by atoms with Crippen molar-refractivity contribution in [3.05, 3.63) is 34.6 Å². The molecule has 3 N–H and O–H groups in total. The molecular formula is C13H18ClFN2O. The normalized spacial score (nSPS) is 14.1. The van der Waals surface area contributed by atoms with Crippen LogP contribution in [0.4, 0.5) is 4.39 Å². The van der Waals surface area contributed by atoms with E-state index >= 15 is 0 Å². The lowest BCUT2D eigenvalue weighted by atomic mass is 9.99. The molecule has 0 heterocycles. The summed E-state index contributed by atoms with van der Waals surface area (Å²) < 4.78 is 12.9. The third kappa shape index (κ3) is 3.96. The largest absolute Gasteiger partial charge is 0.351 e. The predicted molar refractivity (Wildman–Crippen MR) is 70.7 cm³/mol. The van der Waals surface area contributed by atoms with E-state index < -0.39 is 11.9 Å². The van der Waals surface area contributed by atoms with Crippen molar-refractivity contribution in [1.82, 2.24) is 5.32 Å². The van der Waals surface area contributed by atoms with E-state index in [4.69, 9.17) is 17.3 Å². The van der Waals surface area contributed by atoms with E-state index in [0.717, 1.165) is 12.0 Å². The molecule has 0 aliphatic heterocycles. The van der Waals surface area contributed by atoms with Gasteiger partial charge in [-0.25, -0.2) is 4.39 Å². The molecule has 5 heteroatoms. The Balaban J connectivity index is 2.54. The molecule has 0 radical (unpaired) electrons. The van der Waals surface area contributed by atoms with Gasteiger partial charge in [-0.3, -0.25) is 4.79 Å². The van der Waals surface area contributed by atoms with Gasteiger partial charge in [0.05, 0.1) is 11.1 Å². The monoisotopic (exact) mass is 272 g/mol. The Kier molecular flexibility index (Phi) is 5.56. The molecule has 0 fully saturated rings. The van der Waals surface area contributed by atoms with E-state index in [0.29, 0.717) is 6.54 Å². The zero-order valence-electron chi connectivity index (χ0n) is 10.5. The number of benzene rings is 1. The van der Waals surface area contributed by atoms with Crippen LogP contribution >= 0.6 is 11.6 Å². The number of carbonyl (C=O) groups is 1. The minimum atomic E-state index is -0.522. The van der Waals surface area contributed by atoms with Gasteiger partial charge in [0.1, 0.15) is 5.82 Å². The Morgan fingerprint density at radius 1 is 1.56 bits per heavy atom. The molecule has 0 aliphatic rings. The zero-order chi connectivity index (χ0) is 13.7. The van der Waals surface area contributed by atoms with Gasteiger partial charge in [-0.15, -0.1) is 0 Å². The standard InChI is InChI=1S/C13H18ClFN2O/c1-3-8(2)12(16)13(18)17-7-9-4-5-11(15)10(14)6-9/h4-6,8,12H,3,7,16H2,1-2H3,(H,17,18). The van der Waals surface area contributed by atoms with Crippen LogP contribution in [0.2, 0.25) is 5.02 Å². The molecule has 2 unspecified atom stereocenters. The van der Waals surface area contributed by atoms with Crippen LogP contribution in [-0.4, -0.2) is 11.9 Å². The minimum absolute atomic E-state index is 0.0490. The van der Waals surface area contributed by atoms with E-state index in [9.17, 15) is 9.18 Å². The number of hydrogen-bond donors (Lipinski definition) is 2. The quantitative estimate of drug-likeness (QED) is 0.865.